The van der Waals surface area contributed by atoms with Crippen LogP contribution in [-0.2, 0) is 9.53 Å². The van der Waals surface area contributed by atoms with Crippen molar-refractivity contribution in [3.05, 3.63) is 0 Å². The number of hydrogen-bond donors (Lipinski definition) is 1. The molecule has 0 fully saturated rings. The maximum atomic E-state index is 10.9. The smallest absolute Gasteiger partial charge is 0.305 e. The average Bonchev–Trinajstić information content (AvgIpc) is 2.16. The molecule has 0 aromatic rings. The van der Waals surface area contributed by atoms with Crippen LogP contribution in [0.2, 0.25) is 0 Å². The standard InChI is InChI=1S/C10H20O3/c1-4-8(2)5-9(7-11)6-10(12)13-3/h8-9,11H,4-7H2,1-3H3. The number of aliphatic hydroxyl groups is 1. The van der Waals surface area contributed by atoms with E-state index >= 15 is 0 Å². The van der Waals surface area contributed by atoms with Gasteiger partial charge in [0.15, 0.2) is 0 Å². The maximum absolute atomic E-state index is 10.9. The fourth-order valence-corrected chi connectivity index (χ4v) is 1.28. The first kappa shape index (κ1) is 12.4. The molecule has 2 unspecified atom stereocenters. The van der Waals surface area contributed by atoms with Gasteiger partial charge in [0.1, 0.15) is 0 Å². The van der Waals surface area contributed by atoms with Gasteiger partial charge in [-0.2, -0.15) is 0 Å². The zero-order valence-corrected chi connectivity index (χ0v) is 8.75. The summed E-state index contributed by atoms with van der Waals surface area (Å²) in [5.41, 5.74) is 0. The van der Waals surface area contributed by atoms with Gasteiger partial charge in [-0.1, -0.05) is 20.3 Å². The van der Waals surface area contributed by atoms with Crippen LogP contribution in [0.4, 0.5) is 0 Å². The molecule has 13 heavy (non-hydrogen) atoms. The van der Waals surface area contributed by atoms with E-state index in [1.165, 1.54) is 7.11 Å². The van der Waals surface area contributed by atoms with Crippen molar-refractivity contribution in [1.82, 2.24) is 0 Å². The molecule has 2 atom stereocenters. The molecule has 0 aliphatic rings. The van der Waals surface area contributed by atoms with Gasteiger partial charge < -0.3 is 9.84 Å². The molecule has 0 spiro atoms. The average molecular weight is 188 g/mol. The molecule has 0 aliphatic heterocycles. The number of esters is 1. The fraction of sp³-hybridized carbons (Fsp3) is 0.900. The summed E-state index contributed by atoms with van der Waals surface area (Å²) in [4.78, 5) is 10.9. The van der Waals surface area contributed by atoms with Crippen LogP contribution in [0.25, 0.3) is 0 Å². The molecule has 0 aromatic carbocycles. The largest absolute Gasteiger partial charge is 0.469 e. The lowest BCUT2D eigenvalue weighted by molar-refractivity contribution is -0.142. The van der Waals surface area contributed by atoms with Gasteiger partial charge >= 0.3 is 5.97 Å². The minimum atomic E-state index is -0.234. The molecule has 0 radical (unpaired) electrons. The molecule has 0 rings (SSSR count). The zero-order valence-electron chi connectivity index (χ0n) is 8.75. The van der Waals surface area contributed by atoms with Crippen molar-refractivity contribution in [3.8, 4) is 0 Å². The molecule has 3 heteroatoms. The summed E-state index contributed by atoms with van der Waals surface area (Å²) >= 11 is 0. The third-order valence-corrected chi connectivity index (χ3v) is 2.37. The van der Waals surface area contributed by atoms with E-state index in [9.17, 15) is 4.79 Å². The van der Waals surface area contributed by atoms with Crippen molar-refractivity contribution in [2.45, 2.75) is 33.1 Å². The van der Waals surface area contributed by atoms with E-state index in [4.69, 9.17) is 5.11 Å². The van der Waals surface area contributed by atoms with Gasteiger partial charge in [-0.05, 0) is 18.3 Å². The SMILES string of the molecule is CCC(C)CC(CO)CC(=O)OC. The first-order valence-electron chi connectivity index (χ1n) is 4.81. The van der Waals surface area contributed by atoms with Crippen LogP contribution in [0.1, 0.15) is 33.1 Å². The van der Waals surface area contributed by atoms with E-state index in [0.717, 1.165) is 12.8 Å². The van der Waals surface area contributed by atoms with Crippen LogP contribution in [-0.4, -0.2) is 24.8 Å². The molecule has 0 aliphatic carbocycles. The Hall–Kier alpha value is -0.570. The Kier molecular flexibility index (Phi) is 6.59. The van der Waals surface area contributed by atoms with Gasteiger partial charge in [0.2, 0.25) is 0 Å². The fourth-order valence-electron chi connectivity index (χ4n) is 1.28. The van der Waals surface area contributed by atoms with Crippen molar-refractivity contribution < 1.29 is 14.6 Å². The van der Waals surface area contributed by atoms with Crippen LogP contribution < -0.4 is 0 Å². The van der Waals surface area contributed by atoms with Crippen LogP contribution >= 0.6 is 0 Å². The molecule has 1 N–H and O–H groups in total. The zero-order chi connectivity index (χ0) is 10.3. The van der Waals surface area contributed by atoms with E-state index in [1.807, 2.05) is 0 Å². The monoisotopic (exact) mass is 188 g/mol. The van der Waals surface area contributed by atoms with Crippen molar-refractivity contribution in [3.63, 3.8) is 0 Å². The van der Waals surface area contributed by atoms with Crippen molar-refractivity contribution >= 4 is 5.97 Å². The minimum Gasteiger partial charge on any atom is -0.469 e. The number of aliphatic hydroxyl groups excluding tert-OH is 1. The van der Waals surface area contributed by atoms with E-state index in [0.29, 0.717) is 12.3 Å². The van der Waals surface area contributed by atoms with Gasteiger partial charge in [0.25, 0.3) is 0 Å². The number of carbonyl (C=O) groups excluding carboxylic acids is 1. The third kappa shape index (κ3) is 5.64. The lowest BCUT2D eigenvalue weighted by Gasteiger charge is -2.16. The molecule has 0 amide bonds. The van der Waals surface area contributed by atoms with Gasteiger partial charge in [-0.3, -0.25) is 4.79 Å². The summed E-state index contributed by atoms with van der Waals surface area (Å²) in [5, 5.41) is 9.01. The predicted molar refractivity (Wildman–Crippen MR) is 51.3 cm³/mol. The third-order valence-electron chi connectivity index (χ3n) is 2.37. The summed E-state index contributed by atoms with van der Waals surface area (Å²) in [6.45, 7) is 4.30. The highest BCUT2D eigenvalue weighted by Gasteiger charge is 2.15. The van der Waals surface area contributed by atoms with Gasteiger partial charge in [-0.15, -0.1) is 0 Å². The quantitative estimate of drug-likeness (QED) is 0.644. The number of hydrogen-bond acceptors (Lipinski definition) is 3. The lowest BCUT2D eigenvalue weighted by atomic mass is 9.92. The molecule has 0 aromatic heterocycles. The number of ether oxygens (including phenoxy) is 1. The van der Waals surface area contributed by atoms with Gasteiger partial charge in [-0.25, -0.2) is 0 Å². The number of rotatable bonds is 6. The summed E-state index contributed by atoms with van der Waals surface area (Å²) in [6.07, 6.45) is 2.30. The normalized spacial score (nSPS) is 15.1. The molecule has 0 bridgehead atoms. The highest BCUT2D eigenvalue weighted by atomic mass is 16.5. The molecular formula is C10H20O3. The Morgan fingerprint density at radius 3 is 2.54 bits per heavy atom. The molecule has 0 saturated carbocycles. The summed E-state index contributed by atoms with van der Waals surface area (Å²) < 4.78 is 4.55. The summed E-state index contributed by atoms with van der Waals surface area (Å²) in [6, 6.07) is 0. The van der Waals surface area contributed by atoms with Crippen molar-refractivity contribution in [2.75, 3.05) is 13.7 Å². The highest BCUT2D eigenvalue weighted by molar-refractivity contribution is 5.69. The Morgan fingerprint density at radius 2 is 2.15 bits per heavy atom. The van der Waals surface area contributed by atoms with Crippen LogP contribution in [0, 0.1) is 11.8 Å². The molecular weight excluding hydrogens is 168 g/mol. The first-order valence-corrected chi connectivity index (χ1v) is 4.81. The Labute approximate surface area is 80.1 Å². The van der Waals surface area contributed by atoms with E-state index < -0.39 is 0 Å². The Morgan fingerprint density at radius 1 is 1.54 bits per heavy atom. The first-order chi connectivity index (χ1) is 6.13. The second kappa shape index (κ2) is 6.89. The summed E-state index contributed by atoms with van der Waals surface area (Å²) in [7, 11) is 1.38. The van der Waals surface area contributed by atoms with E-state index in [2.05, 4.69) is 18.6 Å². The van der Waals surface area contributed by atoms with E-state index in [1.54, 1.807) is 0 Å². The minimum absolute atomic E-state index is 0.0578. The Balaban J connectivity index is 3.81. The Bertz CT molecular complexity index is 145. The number of methoxy groups -OCH3 is 1. The lowest BCUT2D eigenvalue weighted by Crippen LogP contribution is -2.16. The van der Waals surface area contributed by atoms with Crippen molar-refractivity contribution in [1.29, 1.82) is 0 Å². The summed E-state index contributed by atoms with van der Waals surface area (Å²) in [5.74, 6) is 0.381. The van der Waals surface area contributed by atoms with Crippen molar-refractivity contribution in [2.24, 2.45) is 11.8 Å². The van der Waals surface area contributed by atoms with Crippen LogP contribution in [0.15, 0.2) is 0 Å². The highest BCUT2D eigenvalue weighted by Crippen LogP contribution is 2.17. The van der Waals surface area contributed by atoms with Gasteiger partial charge in [0.05, 0.1) is 13.5 Å². The molecule has 0 saturated heterocycles. The second-order valence-electron chi connectivity index (χ2n) is 3.58. The topological polar surface area (TPSA) is 46.5 Å². The molecule has 3 nitrogen and oxygen atoms in total. The second-order valence-corrected chi connectivity index (χ2v) is 3.58. The van der Waals surface area contributed by atoms with E-state index in [-0.39, 0.29) is 18.5 Å². The molecule has 0 heterocycles. The maximum Gasteiger partial charge on any atom is 0.305 e. The van der Waals surface area contributed by atoms with Crippen LogP contribution in [0.3, 0.4) is 0 Å². The number of carbonyl (C=O) groups is 1. The van der Waals surface area contributed by atoms with Gasteiger partial charge in [0, 0.05) is 6.61 Å². The predicted octanol–water partition coefficient (Wildman–Crippen LogP) is 1.59. The van der Waals surface area contributed by atoms with Crippen LogP contribution in [0.5, 0.6) is 0 Å². The molecule has 78 valence electrons.